The Morgan fingerprint density at radius 1 is 1.21 bits per heavy atom. The Bertz CT molecular complexity index is 715. The van der Waals surface area contributed by atoms with Crippen LogP contribution in [0, 0.1) is 0 Å². The summed E-state index contributed by atoms with van der Waals surface area (Å²) in [7, 11) is 0. The predicted octanol–water partition coefficient (Wildman–Crippen LogP) is 2.87. The first-order valence-corrected chi connectivity index (χ1v) is 7.79. The number of esters is 1. The van der Waals surface area contributed by atoms with Crippen LogP contribution in [0.25, 0.3) is 0 Å². The maximum absolute atomic E-state index is 11.9. The van der Waals surface area contributed by atoms with Gasteiger partial charge in [0.1, 0.15) is 0 Å². The SMILES string of the molecule is C[C@@H](NC(=O)COC(=O)c1ccc(CO)cc1)c1cccc(Cl)c1. The molecule has 0 heterocycles. The van der Waals surface area contributed by atoms with Gasteiger partial charge in [0.25, 0.3) is 5.91 Å². The number of rotatable bonds is 6. The molecule has 0 aromatic heterocycles. The number of halogens is 1. The lowest BCUT2D eigenvalue weighted by Gasteiger charge is -2.14. The first-order chi connectivity index (χ1) is 11.5. The molecule has 2 N–H and O–H groups in total. The molecule has 0 unspecified atom stereocenters. The van der Waals surface area contributed by atoms with E-state index < -0.39 is 11.9 Å². The molecule has 0 radical (unpaired) electrons. The third kappa shape index (κ3) is 5.08. The minimum Gasteiger partial charge on any atom is -0.452 e. The van der Waals surface area contributed by atoms with Crippen molar-refractivity contribution in [2.45, 2.75) is 19.6 Å². The van der Waals surface area contributed by atoms with Crippen molar-refractivity contribution in [2.24, 2.45) is 0 Å². The lowest BCUT2D eigenvalue weighted by atomic mass is 10.1. The van der Waals surface area contributed by atoms with Gasteiger partial charge in [0, 0.05) is 5.02 Å². The molecule has 2 rings (SSSR count). The summed E-state index contributed by atoms with van der Waals surface area (Å²) < 4.78 is 4.98. The molecule has 0 aliphatic rings. The molecule has 1 amide bonds. The largest absolute Gasteiger partial charge is 0.452 e. The number of nitrogens with one attached hydrogen (secondary N) is 1. The van der Waals surface area contributed by atoms with Crippen LogP contribution in [0.5, 0.6) is 0 Å². The minimum absolute atomic E-state index is 0.0981. The quantitative estimate of drug-likeness (QED) is 0.788. The van der Waals surface area contributed by atoms with E-state index in [2.05, 4.69) is 5.32 Å². The fraction of sp³-hybridized carbons (Fsp3) is 0.222. The fourth-order valence-corrected chi connectivity index (χ4v) is 2.30. The molecule has 0 fully saturated rings. The van der Waals surface area contributed by atoms with Crippen molar-refractivity contribution in [2.75, 3.05) is 6.61 Å². The van der Waals surface area contributed by atoms with Crippen LogP contribution < -0.4 is 5.32 Å². The highest BCUT2D eigenvalue weighted by molar-refractivity contribution is 6.30. The zero-order valence-electron chi connectivity index (χ0n) is 13.2. The lowest BCUT2D eigenvalue weighted by Crippen LogP contribution is -2.31. The molecular weight excluding hydrogens is 330 g/mol. The molecular formula is C18H18ClNO4. The number of carbonyl (C=O) groups excluding carboxylic acids is 2. The van der Waals surface area contributed by atoms with Gasteiger partial charge in [0.15, 0.2) is 6.61 Å². The van der Waals surface area contributed by atoms with Crippen molar-refractivity contribution in [1.82, 2.24) is 5.32 Å². The number of hydrogen-bond donors (Lipinski definition) is 2. The van der Waals surface area contributed by atoms with Gasteiger partial charge in [-0.05, 0) is 42.3 Å². The number of carbonyl (C=O) groups is 2. The zero-order chi connectivity index (χ0) is 17.5. The van der Waals surface area contributed by atoms with Crippen LogP contribution in [-0.2, 0) is 16.1 Å². The van der Waals surface area contributed by atoms with Crippen molar-refractivity contribution in [1.29, 1.82) is 0 Å². The molecule has 24 heavy (non-hydrogen) atoms. The molecule has 0 bridgehead atoms. The van der Waals surface area contributed by atoms with Crippen molar-refractivity contribution in [3.8, 4) is 0 Å². The first-order valence-electron chi connectivity index (χ1n) is 7.41. The molecule has 126 valence electrons. The Morgan fingerprint density at radius 3 is 2.54 bits per heavy atom. The van der Waals surface area contributed by atoms with Crippen LogP contribution in [-0.4, -0.2) is 23.6 Å². The van der Waals surface area contributed by atoms with E-state index in [0.29, 0.717) is 16.1 Å². The van der Waals surface area contributed by atoms with Crippen LogP contribution in [0.15, 0.2) is 48.5 Å². The van der Waals surface area contributed by atoms with Crippen LogP contribution in [0.2, 0.25) is 5.02 Å². The van der Waals surface area contributed by atoms with Crippen molar-refractivity contribution < 1.29 is 19.4 Å². The second-order valence-electron chi connectivity index (χ2n) is 5.28. The first kappa shape index (κ1) is 18.0. The second kappa shape index (κ2) is 8.47. The normalized spacial score (nSPS) is 11.6. The van der Waals surface area contributed by atoms with Crippen LogP contribution >= 0.6 is 11.6 Å². The summed E-state index contributed by atoms with van der Waals surface area (Å²) in [5.41, 5.74) is 1.88. The highest BCUT2D eigenvalue weighted by Crippen LogP contribution is 2.17. The van der Waals surface area contributed by atoms with Gasteiger partial charge in [-0.15, -0.1) is 0 Å². The number of ether oxygens (including phenoxy) is 1. The maximum Gasteiger partial charge on any atom is 0.338 e. The second-order valence-corrected chi connectivity index (χ2v) is 5.71. The summed E-state index contributed by atoms with van der Waals surface area (Å²) in [5.74, 6) is -0.993. The molecule has 0 aliphatic carbocycles. The highest BCUT2D eigenvalue weighted by Gasteiger charge is 2.13. The lowest BCUT2D eigenvalue weighted by molar-refractivity contribution is -0.124. The topological polar surface area (TPSA) is 75.6 Å². The van der Waals surface area contributed by atoms with Crippen molar-refractivity contribution in [3.63, 3.8) is 0 Å². The van der Waals surface area contributed by atoms with E-state index in [1.807, 2.05) is 13.0 Å². The van der Waals surface area contributed by atoms with Gasteiger partial charge in [0.2, 0.25) is 0 Å². The molecule has 0 spiro atoms. The van der Waals surface area contributed by atoms with Gasteiger partial charge in [-0.1, -0.05) is 35.9 Å². The smallest absolute Gasteiger partial charge is 0.338 e. The molecule has 2 aromatic carbocycles. The van der Waals surface area contributed by atoms with E-state index in [9.17, 15) is 9.59 Å². The Labute approximate surface area is 145 Å². The van der Waals surface area contributed by atoms with E-state index in [-0.39, 0.29) is 19.3 Å². The number of benzene rings is 2. The Kier molecular flexibility index (Phi) is 6.35. The van der Waals surface area contributed by atoms with E-state index in [4.69, 9.17) is 21.4 Å². The standard InChI is InChI=1S/C18H18ClNO4/c1-12(15-3-2-4-16(19)9-15)20-17(22)11-24-18(23)14-7-5-13(10-21)6-8-14/h2-9,12,21H,10-11H2,1H3,(H,20,22)/t12-/m1/s1. The fourth-order valence-electron chi connectivity index (χ4n) is 2.10. The molecule has 2 aromatic rings. The number of aliphatic hydroxyl groups is 1. The molecule has 1 atom stereocenters. The summed E-state index contributed by atoms with van der Waals surface area (Å²) in [6, 6.07) is 13.3. The molecule has 5 nitrogen and oxygen atoms in total. The average molecular weight is 348 g/mol. The Hall–Kier alpha value is -2.37. The molecule has 0 saturated heterocycles. The van der Waals surface area contributed by atoms with Crippen LogP contribution in [0.3, 0.4) is 0 Å². The number of hydrogen-bond acceptors (Lipinski definition) is 4. The van der Waals surface area contributed by atoms with Crippen LogP contribution in [0.1, 0.15) is 34.5 Å². The van der Waals surface area contributed by atoms with Crippen molar-refractivity contribution in [3.05, 3.63) is 70.2 Å². The van der Waals surface area contributed by atoms with Gasteiger partial charge in [0.05, 0.1) is 18.2 Å². The summed E-state index contributed by atoms with van der Waals surface area (Å²) in [6.07, 6.45) is 0. The van der Waals surface area contributed by atoms with Gasteiger partial charge in [-0.3, -0.25) is 4.79 Å². The predicted molar refractivity (Wildman–Crippen MR) is 90.7 cm³/mol. The summed E-state index contributed by atoms with van der Waals surface area (Å²) in [5, 5.41) is 12.3. The van der Waals surface area contributed by atoms with E-state index in [1.54, 1.807) is 42.5 Å². The molecule has 6 heteroatoms. The minimum atomic E-state index is -0.593. The molecule has 0 saturated carbocycles. The average Bonchev–Trinajstić information content (AvgIpc) is 2.59. The third-order valence-electron chi connectivity index (χ3n) is 3.43. The van der Waals surface area contributed by atoms with Gasteiger partial charge in [-0.25, -0.2) is 4.79 Å². The highest BCUT2D eigenvalue weighted by atomic mass is 35.5. The van der Waals surface area contributed by atoms with Gasteiger partial charge < -0.3 is 15.2 Å². The maximum atomic E-state index is 11.9. The van der Waals surface area contributed by atoms with Crippen molar-refractivity contribution >= 4 is 23.5 Å². The van der Waals surface area contributed by atoms with E-state index in [1.165, 1.54) is 0 Å². The van der Waals surface area contributed by atoms with E-state index >= 15 is 0 Å². The van der Waals surface area contributed by atoms with Crippen LogP contribution in [0.4, 0.5) is 0 Å². The monoisotopic (exact) mass is 347 g/mol. The summed E-state index contributed by atoms with van der Waals surface area (Å²) >= 11 is 5.92. The number of aliphatic hydroxyl groups excluding tert-OH is 1. The third-order valence-corrected chi connectivity index (χ3v) is 3.67. The Balaban J connectivity index is 1.84. The van der Waals surface area contributed by atoms with E-state index in [0.717, 1.165) is 5.56 Å². The Morgan fingerprint density at radius 2 is 1.92 bits per heavy atom. The summed E-state index contributed by atoms with van der Waals surface area (Å²) in [4.78, 5) is 23.8. The molecule has 0 aliphatic heterocycles. The number of amides is 1. The van der Waals surface area contributed by atoms with Gasteiger partial charge in [-0.2, -0.15) is 0 Å². The van der Waals surface area contributed by atoms with Gasteiger partial charge >= 0.3 is 5.97 Å². The summed E-state index contributed by atoms with van der Waals surface area (Å²) in [6.45, 7) is 1.35. The zero-order valence-corrected chi connectivity index (χ0v) is 13.9.